The molecule has 5 heteroatoms. The Kier molecular flexibility index (Phi) is 3.87. The normalized spacial score (nSPS) is 10.7. The van der Waals surface area contributed by atoms with Crippen molar-refractivity contribution in [1.82, 2.24) is 9.97 Å². The van der Waals surface area contributed by atoms with Crippen molar-refractivity contribution in [3.63, 3.8) is 0 Å². The molecule has 3 rings (SSSR count). The van der Waals surface area contributed by atoms with E-state index in [0.29, 0.717) is 12.2 Å². The highest BCUT2D eigenvalue weighted by atomic mass is 19.1. The molecule has 22 heavy (non-hydrogen) atoms. The second-order valence-corrected chi connectivity index (χ2v) is 4.94. The minimum atomic E-state index is -0.392. The number of nitrogens with zero attached hydrogens (tertiary/aromatic N) is 2. The van der Waals surface area contributed by atoms with Crippen LogP contribution in [0.2, 0.25) is 0 Å². The first kappa shape index (κ1) is 14.3. The van der Waals surface area contributed by atoms with Crippen molar-refractivity contribution in [1.29, 1.82) is 0 Å². The molecule has 112 valence electrons. The standard InChI is InChI=1S/C17H16FN3O/c1-11-20-15-6-4-3-5-13(15)16(21-11)10-19-12-7-8-17(22-2)14(18)9-12/h3-9,19H,10H2,1-2H3. The van der Waals surface area contributed by atoms with Crippen LogP contribution in [0.15, 0.2) is 42.5 Å². The maximum Gasteiger partial charge on any atom is 0.167 e. The average molecular weight is 297 g/mol. The molecule has 0 saturated heterocycles. The summed E-state index contributed by atoms with van der Waals surface area (Å²) in [4.78, 5) is 8.89. The monoisotopic (exact) mass is 297 g/mol. The van der Waals surface area contributed by atoms with Gasteiger partial charge in [0.05, 0.1) is 24.9 Å². The summed E-state index contributed by atoms with van der Waals surface area (Å²) in [6, 6.07) is 12.6. The quantitative estimate of drug-likeness (QED) is 0.797. The predicted molar refractivity (Wildman–Crippen MR) is 84.6 cm³/mol. The summed E-state index contributed by atoms with van der Waals surface area (Å²) < 4.78 is 18.6. The van der Waals surface area contributed by atoms with Gasteiger partial charge in [0.1, 0.15) is 5.82 Å². The lowest BCUT2D eigenvalue weighted by Crippen LogP contribution is -2.05. The summed E-state index contributed by atoms with van der Waals surface area (Å²) in [6.45, 7) is 2.36. The number of anilines is 1. The summed E-state index contributed by atoms with van der Waals surface area (Å²) in [6.07, 6.45) is 0. The summed E-state index contributed by atoms with van der Waals surface area (Å²) in [5.74, 6) is 0.557. The molecule has 0 aliphatic heterocycles. The zero-order valence-corrected chi connectivity index (χ0v) is 12.4. The van der Waals surface area contributed by atoms with Crippen LogP contribution in [-0.4, -0.2) is 17.1 Å². The van der Waals surface area contributed by atoms with E-state index in [0.717, 1.165) is 22.4 Å². The van der Waals surface area contributed by atoms with Gasteiger partial charge >= 0.3 is 0 Å². The van der Waals surface area contributed by atoms with Crippen molar-refractivity contribution in [3.8, 4) is 5.75 Å². The highest BCUT2D eigenvalue weighted by Gasteiger charge is 2.07. The summed E-state index contributed by atoms with van der Waals surface area (Å²) >= 11 is 0. The topological polar surface area (TPSA) is 47.0 Å². The van der Waals surface area contributed by atoms with Crippen LogP contribution in [0.25, 0.3) is 10.9 Å². The molecule has 4 nitrogen and oxygen atoms in total. The number of halogens is 1. The van der Waals surface area contributed by atoms with E-state index in [1.165, 1.54) is 13.2 Å². The molecule has 0 saturated carbocycles. The molecule has 0 aliphatic rings. The van der Waals surface area contributed by atoms with Crippen LogP contribution in [0, 0.1) is 12.7 Å². The lowest BCUT2D eigenvalue weighted by Gasteiger charge is -2.10. The van der Waals surface area contributed by atoms with E-state index in [1.807, 2.05) is 31.2 Å². The van der Waals surface area contributed by atoms with Crippen LogP contribution in [0.3, 0.4) is 0 Å². The highest BCUT2D eigenvalue weighted by Crippen LogP contribution is 2.22. The lowest BCUT2D eigenvalue weighted by molar-refractivity contribution is 0.386. The van der Waals surface area contributed by atoms with E-state index < -0.39 is 5.82 Å². The van der Waals surface area contributed by atoms with Gasteiger partial charge in [-0.2, -0.15) is 0 Å². The Labute approximate surface area is 128 Å². The van der Waals surface area contributed by atoms with Gasteiger partial charge in [-0.1, -0.05) is 18.2 Å². The van der Waals surface area contributed by atoms with Gasteiger partial charge in [0, 0.05) is 17.1 Å². The first-order valence-corrected chi connectivity index (χ1v) is 6.97. The van der Waals surface area contributed by atoms with Crippen LogP contribution in [0.4, 0.5) is 10.1 Å². The summed E-state index contributed by atoms with van der Waals surface area (Å²) in [5.41, 5.74) is 2.48. The Bertz CT molecular complexity index is 820. The fraction of sp³-hybridized carbons (Fsp3) is 0.176. The Balaban J connectivity index is 1.86. The fourth-order valence-electron chi connectivity index (χ4n) is 2.37. The second-order valence-electron chi connectivity index (χ2n) is 4.94. The molecule has 1 heterocycles. The van der Waals surface area contributed by atoms with E-state index in [4.69, 9.17) is 4.74 Å². The Morgan fingerprint density at radius 2 is 1.95 bits per heavy atom. The zero-order valence-electron chi connectivity index (χ0n) is 12.4. The highest BCUT2D eigenvalue weighted by molar-refractivity contribution is 5.81. The molecule has 0 amide bonds. The lowest BCUT2D eigenvalue weighted by atomic mass is 10.2. The number of fused-ring (bicyclic) bond motifs is 1. The van der Waals surface area contributed by atoms with Gasteiger partial charge in [-0.3, -0.25) is 0 Å². The van der Waals surface area contributed by atoms with Crippen molar-refractivity contribution in [2.45, 2.75) is 13.5 Å². The molecule has 1 aromatic heterocycles. The van der Waals surface area contributed by atoms with Crippen LogP contribution < -0.4 is 10.1 Å². The Morgan fingerprint density at radius 1 is 1.14 bits per heavy atom. The number of rotatable bonds is 4. The van der Waals surface area contributed by atoms with Gasteiger partial charge in [-0.15, -0.1) is 0 Å². The van der Waals surface area contributed by atoms with Gasteiger partial charge in [-0.05, 0) is 25.1 Å². The van der Waals surface area contributed by atoms with Crippen LogP contribution in [0.5, 0.6) is 5.75 Å². The zero-order chi connectivity index (χ0) is 15.5. The minimum absolute atomic E-state index is 0.230. The number of methoxy groups -OCH3 is 1. The number of aryl methyl sites for hydroxylation is 1. The van der Waals surface area contributed by atoms with Crippen molar-refractivity contribution >= 4 is 16.6 Å². The molecule has 0 spiro atoms. The van der Waals surface area contributed by atoms with Crippen molar-refractivity contribution < 1.29 is 9.13 Å². The fourth-order valence-corrected chi connectivity index (χ4v) is 2.37. The molecule has 0 unspecified atom stereocenters. The Hall–Kier alpha value is -2.69. The van der Waals surface area contributed by atoms with Gasteiger partial charge in [-0.25, -0.2) is 14.4 Å². The number of benzene rings is 2. The number of ether oxygens (including phenoxy) is 1. The van der Waals surface area contributed by atoms with Crippen molar-refractivity contribution in [2.24, 2.45) is 0 Å². The third-order valence-electron chi connectivity index (χ3n) is 3.41. The molecule has 0 fully saturated rings. The molecule has 0 radical (unpaired) electrons. The number of hydrogen-bond acceptors (Lipinski definition) is 4. The van der Waals surface area contributed by atoms with E-state index >= 15 is 0 Å². The first-order chi connectivity index (χ1) is 10.7. The molecule has 0 bridgehead atoms. The maximum absolute atomic E-state index is 13.7. The smallest absolute Gasteiger partial charge is 0.167 e. The largest absolute Gasteiger partial charge is 0.494 e. The van der Waals surface area contributed by atoms with Crippen molar-refractivity contribution in [3.05, 3.63) is 59.8 Å². The third kappa shape index (κ3) is 2.83. The molecular formula is C17H16FN3O. The van der Waals surface area contributed by atoms with Gasteiger partial charge in [0.25, 0.3) is 0 Å². The second kappa shape index (κ2) is 5.97. The molecule has 1 N–H and O–H groups in total. The predicted octanol–water partition coefficient (Wildman–Crippen LogP) is 3.70. The van der Waals surface area contributed by atoms with Crippen LogP contribution >= 0.6 is 0 Å². The van der Waals surface area contributed by atoms with Gasteiger partial charge < -0.3 is 10.1 Å². The SMILES string of the molecule is COc1ccc(NCc2nc(C)nc3ccccc23)cc1F. The van der Waals surface area contributed by atoms with Gasteiger partial charge in [0.15, 0.2) is 11.6 Å². The number of aromatic nitrogens is 2. The van der Waals surface area contributed by atoms with E-state index in [9.17, 15) is 4.39 Å². The summed E-state index contributed by atoms with van der Waals surface area (Å²) in [7, 11) is 1.45. The molecule has 2 aromatic carbocycles. The first-order valence-electron chi connectivity index (χ1n) is 6.97. The molecule has 0 aliphatic carbocycles. The molecule has 0 atom stereocenters. The number of hydrogen-bond donors (Lipinski definition) is 1. The van der Waals surface area contributed by atoms with E-state index in [1.54, 1.807) is 12.1 Å². The maximum atomic E-state index is 13.7. The van der Waals surface area contributed by atoms with E-state index in [-0.39, 0.29) is 5.75 Å². The van der Waals surface area contributed by atoms with Gasteiger partial charge in [0.2, 0.25) is 0 Å². The molecule has 3 aromatic rings. The average Bonchev–Trinajstić information content (AvgIpc) is 2.52. The number of nitrogens with one attached hydrogen (secondary N) is 1. The minimum Gasteiger partial charge on any atom is -0.494 e. The van der Waals surface area contributed by atoms with Crippen molar-refractivity contribution in [2.75, 3.05) is 12.4 Å². The van der Waals surface area contributed by atoms with Crippen LogP contribution in [0.1, 0.15) is 11.5 Å². The molecular weight excluding hydrogens is 281 g/mol. The summed E-state index contributed by atoms with van der Waals surface area (Å²) in [5, 5.41) is 4.18. The third-order valence-corrected chi connectivity index (χ3v) is 3.41. The Morgan fingerprint density at radius 3 is 2.73 bits per heavy atom. The number of para-hydroxylation sites is 1. The van der Waals surface area contributed by atoms with E-state index in [2.05, 4.69) is 15.3 Å². The van der Waals surface area contributed by atoms with Crippen LogP contribution in [-0.2, 0) is 6.54 Å².